The zero-order chi connectivity index (χ0) is 19.2. The predicted octanol–water partition coefficient (Wildman–Crippen LogP) is 4.31. The number of benzene rings is 2. The molecule has 2 aromatic carbocycles. The number of hydrogen-bond donors (Lipinski definition) is 2. The highest BCUT2D eigenvalue weighted by Gasteiger charge is 2.11. The van der Waals surface area contributed by atoms with Crippen LogP contribution in [-0.4, -0.2) is 23.0 Å². The number of aryl methyl sites for hydroxylation is 1. The van der Waals surface area contributed by atoms with E-state index in [2.05, 4.69) is 20.6 Å². The van der Waals surface area contributed by atoms with Crippen LogP contribution in [0.15, 0.2) is 54.6 Å². The van der Waals surface area contributed by atoms with E-state index >= 15 is 0 Å². The molecule has 3 rings (SSSR count). The van der Waals surface area contributed by atoms with Crippen molar-refractivity contribution in [3.8, 4) is 5.75 Å². The molecule has 0 fully saturated rings. The van der Waals surface area contributed by atoms with Gasteiger partial charge in [-0.25, -0.2) is 9.97 Å². The van der Waals surface area contributed by atoms with E-state index in [0.29, 0.717) is 28.9 Å². The van der Waals surface area contributed by atoms with Gasteiger partial charge in [0.15, 0.2) is 0 Å². The number of methoxy groups -OCH3 is 1. The molecule has 7 heteroatoms. The lowest BCUT2D eigenvalue weighted by Crippen LogP contribution is -2.16. The Morgan fingerprint density at radius 3 is 2.56 bits per heavy atom. The second kappa shape index (κ2) is 8.51. The molecule has 0 unspecified atom stereocenters. The predicted molar refractivity (Wildman–Crippen MR) is 106 cm³/mol. The molecule has 3 aromatic rings. The molecule has 27 heavy (non-hydrogen) atoms. The fourth-order valence-electron chi connectivity index (χ4n) is 2.45. The molecule has 1 aromatic heterocycles. The summed E-state index contributed by atoms with van der Waals surface area (Å²) in [7, 11) is 1.59. The summed E-state index contributed by atoms with van der Waals surface area (Å²) in [5, 5.41) is 6.59. The highest BCUT2D eigenvalue weighted by molar-refractivity contribution is 6.31. The van der Waals surface area contributed by atoms with Gasteiger partial charge in [0.25, 0.3) is 5.91 Å². The Hall–Kier alpha value is -3.12. The van der Waals surface area contributed by atoms with Crippen LogP contribution in [0.4, 0.5) is 11.6 Å². The summed E-state index contributed by atoms with van der Waals surface area (Å²) in [6, 6.07) is 16.2. The summed E-state index contributed by atoms with van der Waals surface area (Å²) < 4.78 is 5.11. The van der Waals surface area contributed by atoms with Crippen LogP contribution in [-0.2, 0) is 6.54 Å². The molecule has 1 heterocycles. The quantitative estimate of drug-likeness (QED) is 0.664. The first-order valence-electron chi connectivity index (χ1n) is 8.33. The van der Waals surface area contributed by atoms with Crippen molar-refractivity contribution in [2.24, 2.45) is 0 Å². The monoisotopic (exact) mass is 382 g/mol. The molecular formula is C20H19ClN4O2. The minimum Gasteiger partial charge on any atom is -0.497 e. The van der Waals surface area contributed by atoms with Crippen LogP contribution in [0.5, 0.6) is 5.75 Å². The molecule has 0 saturated carbocycles. The first-order valence-corrected chi connectivity index (χ1v) is 8.71. The van der Waals surface area contributed by atoms with Crippen LogP contribution in [0.3, 0.4) is 0 Å². The second-order valence-corrected chi connectivity index (χ2v) is 6.25. The summed E-state index contributed by atoms with van der Waals surface area (Å²) in [6.45, 7) is 2.27. The van der Waals surface area contributed by atoms with E-state index in [0.717, 1.165) is 11.3 Å². The number of aromatic nitrogens is 2. The van der Waals surface area contributed by atoms with Gasteiger partial charge in [0.2, 0.25) is 5.95 Å². The SMILES string of the molecule is COc1ccc(NC(=O)c2cc(C)nc(NCc3ccccc3Cl)n2)cc1. The van der Waals surface area contributed by atoms with Gasteiger partial charge in [-0.1, -0.05) is 29.8 Å². The standard InChI is InChI=1S/C20H19ClN4O2/c1-13-11-18(19(26)24-15-7-9-16(27-2)10-8-15)25-20(23-13)22-12-14-5-3-4-6-17(14)21/h3-11H,12H2,1-2H3,(H,24,26)(H,22,23,25). The smallest absolute Gasteiger partial charge is 0.274 e. The lowest BCUT2D eigenvalue weighted by Gasteiger charge is -2.10. The Labute approximate surface area is 162 Å². The number of ether oxygens (including phenoxy) is 1. The summed E-state index contributed by atoms with van der Waals surface area (Å²) >= 11 is 6.16. The Morgan fingerprint density at radius 2 is 1.85 bits per heavy atom. The van der Waals surface area contributed by atoms with E-state index in [1.54, 1.807) is 37.4 Å². The van der Waals surface area contributed by atoms with Gasteiger partial charge in [-0.05, 0) is 48.9 Å². The number of rotatable bonds is 6. The molecule has 0 radical (unpaired) electrons. The lowest BCUT2D eigenvalue weighted by atomic mass is 10.2. The minimum atomic E-state index is -0.313. The number of carbonyl (C=O) groups excluding carboxylic acids is 1. The van der Waals surface area contributed by atoms with Crippen molar-refractivity contribution in [1.29, 1.82) is 0 Å². The summed E-state index contributed by atoms with van der Waals surface area (Å²) in [6.07, 6.45) is 0. The first kappa shape index (κ1) is 18.7. The summed E-state index contributed by atoms with van der Waals surface area (Å²) in [5.74, 6) is 0.776. The second-order valence-electron chi connectivity index (χ2n) is 5.85. The number of hydrogen-bond acceptors (Lipinski definition) is 5. The molecule has 0 aliphatic carbocycles. The maximum Gasteiger partial charge on any atom is 0.274 e. The zero-order valence-corrected chi connectivity index (χ0v) is 15.7. The number of nitrogens with one attached hydrogen (secondary N) is 2. The topological polar surface area (TPSA) is 76.1 Å². The van der Waals surface area contributed by atoms with E-state index in [1.807, 2.05) is 31.2 Å². The lowest BCUT2D eigenvalue weighted by molar-refractivity contribution is 0.102. The van der Waals surface area contributed by atoms with Crippen LogP contribution in [0.25, 0.3) is 0 Å². The number of carbonyl (C=O) groups is 1. The van der Waals surface area contributed by atoms with Gasteiger partial charge in [-0.3, -0.25) is 4.79 Å². The third kappa shape index (κ3) is 4.95. The maximum atomic E-state index is 12.5. The van der Waals surface area contributed by atoms with Crippen LogP contribution >= 0.6 is 11.6 Å². The third-order valence-electron chi connectivity index (χ3n) is 3.83. The fourth-order valence-corrected chi connectivity index (χ4v) is 2.65. The highest BCUT2D eigenvalue weighted by Crippen LogP contribution is 2.18. The van der Waals surface area contributed by atoms with E-state index < -0.39 is 0 Å². The van der Waals surface area contributed by atoms with E-state index in [4.69, 9.17) is 16.3 Å². The largest absolute Gasteiger partial charge is 0.497 e. The van der Waals surface area contributed by atoms with Gasteiger partial charge in [0.1, 0.15) is 11.4 Å². The molecule has 1 amide bonds. The Kier molecular flexibility index (Phi) is 5.88. The Bertz CT molecular complexity index is 945. The van der Waals surface area contributed by atoms with Crippen molar-refractivity contribution in [3.05, 3.63) is 76.6 Å². The van der Waals surface area contributed by atoms with E-state index in [1.165, 1.54) is 0 Å². The molecule has 0 bridgehead atoms. The average molecular weight is 383 g/mol. The number of halogens is 1. The Balaban J connectivity index is 1.71. The van der Waals surface area contributed by atoms with Crippen LogP contribution < -0.4 is 15.4 Å². The molecule has 0 aliphatic heterocycles. The molecular weight excluding hydrogens is 364 g/mol. The summed E-state index contributed by atoms with van der Waals surface area (Å²) in [5.41, 5.74) is 2.54. The van der Waals surface area contributed by atoms with Gasteiger partial charge in [0, 0.05) is 22.9 Å². The number of nitrogens with zero attached hydrogens (tertiary/aromatic N) is 2. The van der Waals surface area contributed by atoms with Crippen molar-refractivity contribution in [2.45, 2.75) is 13.5 Å². The first-order chi connectivity index (χ1) is 13.0. The van der Waals surface area contributed by atoms with Crippen molar-refractivity contribution in [3.63, 3.8) is 0 Å². The van der Waals surface area contributed by atoms with Gasteiger partial charge >= 0.3 is 0 Å². The third-order valence-corrected chi connectivity index (χ3v) is 4.20. The molecule has 2 N–H and O–H groups in total. The van der Waals surface area contributed by atoms with Crippen molar-refractivity contribution >= 4 is 29.1 Å². The van der Waals surface area contributed by atoms with Crippen LogP contribution in [0.1, 0.15) is 21.7 Å². The molecule has 0 atom stereocenters. The van der Waals surface area contributed by atoms with Crippen LogP contribution in [0.2, 0.25) is 5.02 Å². The molecule has 0 aliphatic rings. The summed E-state index contributed by atoms with van der Waals surface area (Å²) in [4.78, 5) is 21.2. The molecule has 138 valence electrons. The van der Waals surface area contributed by atoms with Crippen molar-refractivity contribution < 1.29 is 9.53 Å². The minimum absolute atomic E-state index is 0.278. The maximum absolute atomic E-state index is 12.5. The average Bonchev–Trinajstić information content (AvgIpc) is 2.67. The molecule has 0 spiro atoms. The molecule has 6 nitrogen and oxygen atoms in total. The fraction of sp³-hybridized carbons (Fsp3) is 0.150. The van der Waals surface area contributed by atoms with E-state index in [-0.39, 0.29) is 11.6 Å². The number of anilines is 2. The van der Waals surface area contributed by atoms with Gasteiger partial charge in [-0.15, -0.1) is 0 Å². The van der Waals surface area contributed by atoms with Gasteiger partial charge < -0.3 is 15.4 Å². The van der Waals surface area contributed by atoms with Gasteiger partial charge in [0.05, 0.1) is 7.11 Å². The zero-order valence-electron chi connectivity index (χ0n) is 15.0. The molecule has 0 saturated heterocycles. The van der Waals surface area contributed by atoms with Crippen LogP contribution in [0, 0.1) is 6.92 Å². The Morgan fingerprint density at radius 1 is 1.11 bits per heavy atom. The highest BCUT2D eigenvalue weighted by atomic mass is 35.5. The van der Waals surface area contributed by atoms with Crippen molar-refractivity contribution in [1.82, 2.24) is 9.97 Å². The number of amides is 1. The van der Waals surface area contributed by atoms with Gasteiger partial charge in [-0.2, -0.15) is 0 Å². The normalized spacial score (nSPS) is 10.3. The van der Waals surface area contributed by atoms with E-state index in [9.17, 15) is 4.79 Å². The van der Waals surface area contributed by atoms with Crippen molar-refractivity contribution in [2.75, 3.05) is 17.7 Å².